The molecule has 0 atom stereocenters. The Hall–Kier alpha value is -3.61. The Labute approximate surface area is 200 Å². The normalized spacial score (nSPS) is 16.4. The van der Waals surface area contributed by atoms with Crippen molar-refractivity contribution in [3.8, 4) is 0 Å². The number of anilines is 1. The highest BCUT2D eigenvalue weighted by molar-refractivity contribution is 5.98. The summed E-state index contributed by atoms with van der Waals surface area (Å²) in [5, 5.41) is 4.55. The summed E-state index contributed by atoms with van der Waals surface area (Å²) in [6.45, 7) is 8.97. The lowest BCUT2D eigenvalue weighted by molar-refractivity contribution is 0.0738. The van der Waals surface area contributed by atoms with Gasteiger partial charge in [0.2, 0.25) is 0 Å². The number of carbonyl (C=O) groups is 2. The van der Waals surface area contributed by atoms with E-state index in [4.69, 9.17) is 0 Å². The van der Waals surface area contributed by atoms with Gasteiger partial charge >= 0.3 is 0 Å². The van der Waals surface area contributed by atoms with E-state index in [0.717, 1.165) is 25.1 Å². The molecule has 0 aliphatic carbocycles. The van der Waals surface area contributed by atoms with Gasteiger partial charge in [0.25, 0.3) is 11.8 Å². The van der Waals surface area contributed by atoms with Gasteiger partial charge in [-0.1, -0.05) is 42.5 Å². The number of rotatable bonds is 4. The van der Waals surface area contributed by atoms with Gasteiger partial charge in [-0.3, -0.25) is 14.3 Å². The number of aromatic nitrogens is 2. The van der Waals surface area contributed by atoms with Crippen molar-refractivity contribution in [2.75, 3.05) is 37.6 Å². The van der Waals surface area contributed by atoms with E-state index >= 15 is 0 Å². The summed E-state index contributed by atoms with van der Waals surface area (Å²) >= 11 is 0. The molecular weight excluding hydrogens is 426 g/mol. The lowest BCUT2D eigenvalue weighted by Gasteiger charge is -2.36. The van der Waals surface area contributed by atoms with Crippen LogP contribution in [0.4, 0.5) is 5.69 Å². The first kappa shape index (κ1) is 22.2. The zero-order valence-corrected chi connectivity index (χ0v) is 19.9. The number of piperazine rings is 1. The van der Waals surface area contributed by atoms with Crippen molar-refractivity contribution in [2.24, 2.45) is 0 Å². The number of fused-ring (bicyclic) bond motifs is 1. The molecule has 0 N–H and O–H groups in total. The van der Waals surface area contributed by atoms with Gasteiger partial charge in [-0.15, -0.1) is 0 Å². The lowest BCUT2D eigenvalue weighted by Crippen LogP contribution is -2.49. The third-order valence-corrected chi connectivity index (χ3v) is 6.79. The predicted octanol–water partition coefficient (Wildman–Crippen LogP) is 3.51. The highest BCUT2D eigenvalue weighted by Crippen LogP contribution is 2.24. The van der Waals surface area contributed by atoms with Crippen molar-refractivity contribution in [1.29, 1.82) is 0 Å². The van der Waals surface area contributed by atoms with Crippen LogP contribution in [0.5, 0.6) is 0 Å². The Kier molecular flexibility index (Phi) is 6.09. The Bertz CT molecular complexity index is 1190. The monoisotopic (exact) mass is 457 g/mol. The van der Waals surface area contributed by atoms with E-state index < -0.39 is 0 Å². The number of amides is 2. The molecule has 2 aliphatic heterocycles. The van der Waals surface area contributed by atoms with E-state index in [1.54, 1.807) is 10.7 Å². The van der Waals surface area contributed by atoms with Gasteiger partial charge in [0.15, 0.2) is 5.69 Å². The minimum absolute atomic E-state index is 0.0624. The third-order valence-electron chi connectivity index (χ3n) is 6.79. The molecule has 0 spiro atoms. The Morgan fingerprint density at radius 1 is 0.912 bits per heavy atom. The average molecular weight is 458 g/mol. The van der Waals surface area contributed by atoms with Gasteiger partial charge in [0.05, 0.1) is 0 Å². The van der Waals surface area contributed by atoms with Crippen LogP contribution in [0.25, 0.3) is 0 Å². The van der Waals surface area contributed by atoms with Gasteiger partial charge in [0, 0.05) is 57.6 Å². The molecule has 34 heavy (non-hydrogen) atoms. The van der Waals surface area contributed by atoms with Crippen LogP contribution < -0.4 is 4.90 Å². The minimum Gasteiger partial charge on any atom is -0.368 e. The molecule has 7 nitrogen and oxygen atoms in total. The molecule has 0 saturated carbocycles. The van der Waals surface area contributed by atoms with Crippen molar-refractivity contribution < 1.29 is 9.59 Å². The Morgan fingerprint density at radius 3 is 2.44 bits per heavy atom. The fourth-order valence-electron chi connectivity index (χ4n) is 4.87. The largest absolute Gasteiger partial charge is 0.368 e. The van der Waals surface area contributed by atoms with Gasteiger partial charge < -0.3 is 14.7 Å². The summed E-state index contributed by atoms with van der Waals surface area (Å²) < 4.78 is 1.72. The maximum atomic E-state index is 13.3. The molecule has 0 unspecified atom stereocenters. The van der Waals surface area contributed by atoms with Crippen LogP contribution in [0.1, 0.15) is 44.1 Å². The van der Waals surface area contributed by atoms with E-state index in [-0.39, 0.29) is 11.8 Å². The van der Waals surface area contributed by atoms with Crippen LogP contribution >= 0.6 is 0 Å². The maximum Gasteiger partial charge on any atom is 0.274 e. The molecule has 1 aromatic heterocycles. The fourth-order valence-corrected chi connectivity index (χ4v) is 4.87. The van der Waals surface area contributed by atoms with Crippen LogP contribution in [0.15, 0.2) is 54.6 Å². The highest BCUT2D eigenvalue weighted by Gasteiger charge is 2.29. The molecule has 5 rings (SSSR count). The number of hydrogen-bond acceptors (Lipinski definition) is 4. The molecule has 3 aromatic rings. The first-order valence-electron chi connectivity index (χ1n) is 12.0. The summed E-state index contributed by atoms with van der Waals surface area (Å²) in [4.78, 5) is 32.6. The van der Waals surface area contributed by atoms with E-state index in [1.807, 2.05) is 40.1 Å². The van der Waals surface area contributed by atoms with Crippen LogP contribution in [-0.4, -0.2) is 64.1 Å². The lowest BCUT2D eigenvalue weighted by atomic mass is 10.1. The predicted molar refractivity (Wildman–Crippen MR) is 132 cm³/mol. The first-order chi connectivity index (χ1) is 16.5. The molecule has 1 saturated heterocycles. The smallest absolute Gasteiger partial charge is 0.274 e. The third kappa shape index (κ3) is 4.42. The molecular formula is C27H31N5O2. The molecule has 0 radical (unpaired) electrons. The van der Waals surface area contributed by atoms with Crippen molar-refractivity contribution >= 4 is 17.5 Å². The van der Waals surface area contributed by atoms with Crippen LogP contribution in [0.2, 0.25) is 0 Å². The molecule has 176 valence electrons. The van der Waals surface area contributed by atoms with E-state index in [0.29, 0.717) is 44.1 Å². The SMILES string of the molecule is Cc1ccc(C)c(N2CCN(C(=O)c3cc4n(n3)CCCN(Cc3ccccc3)C4=O)CC2)c1. The second kappa shape index (κ2) is 9.33. The topological polar surface area (TPSA) is 61.7 Å². The highest BCUT2D eigenvalue weighted by atomic mass is 16.2. The van der Waals surface area contributed by atoms with Crippen LogP contribution in [0.3, 0.4) is 0 Å². The second-order valence-electron chi connectivity index (χ2n) is 9.27. The molecule has 2 aromatic carbocycles. The van der Waals surface area contributed by atoms with Gasteiger partial charge in [-0.25, -0.2) is 0 Å². The number of nitrogens with zero attached hydrogens (tertiary/aromatic N) is 5. The number of hydrogen-bond donors (Lipinski definition) is 0. The summed E-state index contributed by atoms with van der Waals surface area (Å²) in [7, 11) is 0. The Morgan fingerprint density at radius 2 is 1.68 bits per heavy atom. The quantitative estimate of drug-likeness (QED) is 0.602. The van der Waals surface area contributed by atoms with Crippen molar-refractivity contribution in [3.05, 3.63) is 82.7 Å². The van der Waals surface area contributed by atoms with Gasteiger partial charge in [0.1, 0.15) is 5.69 Å². The summed E-state index contributed by atoms with van der Waals surface area (Å²) in [6, 6.07) is 18.2. The zero-order chi connectivity index (χ0) is 23.7. The standard InChI is InChI=1S/C27H31N5O2/c1-20-9-10-21(2)24(17-20)29-13-15-30(16-14-29)26(33)23-18-25-27(34)31(11-6-12-32(25)28-23)19-22-7-4-3-5-8-22/h3-5,7-10,17-18H,6,11-16,19H2,1-2H3. The minimum atomic E-state index is -0.0939. The number of carbonyl (C=O) groups excluding carboxylic acids is 2. The summed E-state index contributed by atoms with van der Waals surface area (Å²) in [6.07, 6.45) is 0.815. The van der Waals surface area contributed by atoms with E-state index in [2.05, 4.69) is 42.0 Å². The zero-order valence-electron chi connectivity index (χ0n) is 19.9. The van der Waals surface area contributed by atoms with Crippen molar-refractivity contribution in [1.82, 2.24) is 19.6 Å². The van der Waals surface area contributed by atoms with Crippen molar-refractivity contribution in [3.63, 3.8) is 0 Å². The molecule has 1 fully saturated rings. The second-order valence-corrected chi connectivity index (χ2v) is 9.27. The molecule has 0 bridgehead atoms. The number of aryl methyl sites for hydroxylation is 3. The van der Waals surface area contributed by atoms with Crippen molar-refractivity contribution in [2.45, 2.75) is 33.4 Å². The van der Waals surface area contributed by atoms with E-state index in [9.17, 15) is 9.59 Å². The molecule has 2 amide bonds. The first-order valence-corrected chi connectivity index (χ1v) is 12.0. The van der Waals surface area contributed by atoms with Crippen LogP contribution in [-0.2, 0) is 13.1 Å². The molecule has 2 aliphatic rings. The van der Waals surface area contributed by atoms with E-state index in [1.165, 1.54) is 16.8 Å². The van der Waals surface area contributed by atoms with Crippen LogP contribution in [0, 0.1) is 13.8 Å². The maximum absolute atomic E-state index is 13.3. The number of benzene rings is 2. The Balaban J connectivity index is 1.27. The van der Waals surface area contributed by atoms with Gasteiger partial charge in [-0.05, 0) is 43.0 Å². The molecule has 7 heteroatoms. The average Bonchev–Trinajstić information content (AvgIpc) is 3.23. The van der Waals surface area contributed by atoms with Gasteiger partial charge in [-0.2, -0.15) is 5.10 Å². The summed E-state index contributed by atoms with van der Waals surface area (Å²) in [5.74, 6) is -0.156. The fraction of sp³-hybridized carbons (Fsp3) is 0.370. The summed E-state index contributed by atoms with van der Waals surface area (Å²) in [5.41, 5.74) is 5.70. The molecule has 3 heterocycles.